The molecule has 0 spiro atoms. The average molecular weight is 214 g/mol. The highest BCUT2D eigenvalue weighted by molar-refractivity contribution is 5.92. The zero-order valence-corrected chi connectivity index (χ0v) is 9.45. The molecule has 0 aromatic rings. The molecule has 0 heterocycles. The first-order valence-corrected chi connectivity index (χ1v) is 4.93. The van der Waals surface area contributed by atoms with Gasteiger partial charge < -0.3 is 9.84 Å². The molecule has 0 aromatic carbocycles. The fraction of sp³-hybridized carbons (Fsp3) is 0.636. The first-order valence-electron chi connectivity index (χ1n) is 4.93. The monoisotopic (exact) mass is 214 g/mol. The second kappa shape index (κ2) is 6.22. The molecule has 0 aliphatic heterocycles. The standard InChI is InChI=1S/C11H18O4/c1-7(2)5-9(4)15-11(14)8(3)6-10(12)13/h7,9H,3,5-6H2,1-2,4H3,(H,12,13). The Morgan fingerprint density at radius 2 is 1.87 bits per heavy atom. The van der Waals surface area contributed by atoms with Gasteiger partial charge in [-0.3, -0.25) is 4.79 Å². The van der Waals surface area contributed by atoms with Crippen LogP contribution in [0.3, 0.4) is 0 Å². The minimum atomic E-state index is -1.08. The summed E-state index contributed by atoms with van der Waals surface area (Å²) in [4.78, 5) is 21.6. The molecule has 1 N–H and O–H groups in total. The van der Waals surface area contributed by atoms with Crippen LogP contribution in [0.4, 0.5) is 0 Å². The van der Waals surface area contributed by atoms with Crippen LogP contribution < -0.4 is 0 Å². The Hall–Kier alpha value is -1.32. The van der Waals surface area contributed by atoms with Gasteiger partial charge in [0.25, 0.3) is 0 Å². The van der Waals surface area contributed by atoms with E-state index < -0.39 is 11.9 Å². The molecule has 15 heavy (non-hydrogen) atoms. The van der Waals surface area contributed by atoms with Gasteiger partial charge in [0.2, 0.25) is 0 Å². The third kappa shape index (κ3) is 6.71. The van der Waals surface area contributed by atoms with Gasteiger partial charge in [-0.15, -0.1) is 0 Å². The third-order valence-electron chi connectivity index (χ3n) is 1.76. The fourth-order valence-electron chi connectivity index (χ4n) is 1.23. The van der Waals surface area contributed by atoms with E-state index >= 15 is 0 Å². The van der Waals surface area contributed by atoms with Crippen LogP contribution in [-0.4, -0.2) is 23.1 Å². The first kappa shape index (κ1) is 13.7. The van der Waals surface area contributed by atoms with Crippen molar-refractivity contribution in [1.82, 2.24) is 0 Å². The number of rotatable bonds is 6. The maximum Gasteiger partial charge on any atom is 0.334 e. The highest BCUT2D eigenvalue weighted by Crippen LogP contribution is 2.10. The molecule has 4 heteroatoms. The zero-order chi connectivity index (χ0) is 12.0. The number of hydrogen-bond acceptors (Lipinski definition) is 3. The molecule has 4 nitrogen and oxygen atoms in total. The molecule has 0 rings (SSSR count). The molecule has 1 unspecified atom stereocenters. The van der Waals surface area contributed by atoms with Crippen LogP contribution >= 0.6 is 0 Å². The van der Waals surface area contributed by atoms with Gasteiger partial charge in [-0.25, -0.2) is 4.79 Å². The average Bonchev–Trinajstić information content (AvgIpc) is 2.00. The van der Waals surface area contributed by atoms with Gasteiger partial charge in [-0.2, -0.15) is 0 Å². The Balaban J connectivity index is 4.02. The van der Waals surface area contributed by atoms with Crippen molar-refractivity contribution < 1.29 is 19.4 Å². The Bertz CT molecular complexity index is 255. The molecule has 86 valence electrons. The van der Waals surface area contributed by atoms with Crippen molar-refractivity contribution in [3.63, 3.8) is 0 Å². The van der Waals surface area contributed by atoms with Crippen LogP contribution in [-0.2, 0) is 14.3 Å². The quantitative estimate of drug-likeness (QED) is 0.542. The van der Waals surface area contributed by atoms with Gasteiger partial charge >= 0.3 is 11.9 Å². The van der Waals surface area contributed by atoms with Gasteiger partial charge in [-0.1, -0.05) is 20.4 Å². The van der Waals surface area contributed by atoms with Crippen molar-refractivity contribution in [3.8, 4) is 0 Å². The van der Waals surface area contributed by atoms with Crippen molar-refractivity contribution in [2.75, 3.05) is 0 Å². The highest BCUT2D eigenvalue weighted by Gasteiger charge is 2.16. The smallest absolute Gasteiger partial charge is 0.334 e. The molecular formula is C11H18O4. The van der Waals surface area contributed by atoms with Gasteiger partial charge in [0.15, 0.2) is 0 Å². The van der Waals surface area contributed by atoms with Crippen molar-refractivity contribution in [2.45, 2.75) is 39.7 Å². The number of carbonyl (C=O) groups excluding carboxylic acids is 1. The minimum absolute atomic E-state index is 0.0156. The number of esters is 1. The summed E-state index contributed by atoms with van der Waals surface area (Å²) in [6.07, 6.45) is 0.183. The van der Waals surface area contributed by atoms with Gasteiger partial charge in [0.1, 0.15) is 0 Å². The number of carbonyl (C=O) groups is 2. The zero-order valence-electron chi connectivity index (χ0n) is 9.45. The Morgan fingerprint density at radius 1 is 1.33 bits per heavy atom. The van der Waals surface area contributed by atoms with Crippen molar-refractivity contribution >= 4 is 11.9 Å². The molecule has 0 saturated carbocycles. The second-order valence-corrected chi connectivity index (χ2v) is 4.02. The van der Waals surface area contributed by atoms with E-state index in [4.69, 9.17) is 9.84 Å². The summed E-state index contributed by atoms with van der Waals surface area (Å²) < 4.78 is 5.02. The van der Waals surface area contributed by atoms with Crippen molar-refractivity contribution in [1.29, 1.82) is 0 Å². The minimum Gasteiger partial charge on any atom is -0.481 e. The van der Waals surface area contributed by atoms with Gasteiger partial charge in [0.05, 0.1) is 12.5 Å². The van der Waals surface area contributed by atoms with Crippen LogP contribution in [0.1, 0.15) is 33.6 Å². The topological polar surface area (TPSA) is 63.6 Å². The van der Waals surface area contributed by atoms with Crippen LogP contribution in [0, 0.1) is 5.92 Å². The van der Waals surface area contributed by atoms with E-state index in [1.807, 2.05) is 13.8 Å². The van der Waals surface area contributed by atoms with Crippen LogP contribution in [0.2, 0.25) is 0 Å². The molecule has 0 bridgehead atoms. The van der Waals surface area contributed by atoms with Crippen molar-refractivity contribution in [3.05, 3.63) is 12.2 Å². The highest BCUT2D eigenvalue weighted by atomic mass is 16.5. The summed E-state index contributed by atoms with van der Waals surface area (Å²) in [5, 5.41) is 8.44. The van der Waals surface area contributed by atoms with E-state index in [1.165, 1.54) is 0 Å². The maximum absolute atomic E-state index is 11.3. The summed E-state index contributed by atoms with van der Waals surface area (Å²) in [5.41, 5.74) is -0.0156. The number of carboxylic acid groups (broad SMARTS) is 1. The number of carboxylic acids is 1. The van der Waals surface area contributed by atoms with E-state index in [9.17, 15) is 9.59 Å². The lowest BCUT2D eigenvalue weighted by Crippen LogP contribution is -2.19. The molecular weight excluding hydrogens is 196 g/mol. The normalized spacial score (nSPS) is 12.3. The van der Waals surface area contributed by atoms with Crippen LogP contribution in [0.25, 0.3) is 0 Å². The lowest BCUT2D eigenvalue weighted by Gasteiger charge is -2.15. The van der Waals surface area contributed by atoms with Crippen LogP contribution in [0.5, 0.6) is 0 Å². The molecule has 1 atom stereocenters. The van der Waals surface area contributed by atoms with E-state index in [0.717, 1.165) is 6.42 Å². The Morgan fingerprint density at radius 3 is 2.27 bits per heavy atom. The lowest BCUT2D eigenvalue weighted by molar-refractivity contribution is -0.146. The fourth-order valence-corrected chi connectivity index (χ4v) is 1.23. The molecule has 0 aromatic heterocycles. The number of hydrogen-bond donors (Lipinski definition) is 1. The number of aliphatic carboxylic acids is 1. The molecule has 0 saturated heterocycles. The predicted octanol–water partition coefficient (Wildman–Crippen LogP) is 2.00. The maximum atomic E-state index is 11.3. The Kier molecular flexibility index (Phi) is 5.67. The second-order valence-electron chi connectivity index (χ2n) is 4.02. The predicted molar refractivity (Wildman–Crippen MR) is 56.4 cm³/mol. The SMILES string of the molecule is C=C(CC(=O)O)C(=O)OC(C)CC(C)C. The molecule has 0 radical (unpaired) electrons. The summed E-state index contributed by atoms with van der Waals surface area (Å²) >= 11 is 0. The third-order valence-corrected chi connectivity index (χ3v) is 1.76. The summed E-state index contributed by atoms with van der Waals surface area (Å²) in [7, 11) is 0. The molecule has 0 aliphatic rings. The van der Waals surface area contributed by atoms with E-state index in [0.29, 0.717) is 5.92 Å². The Labute approximate surface area is 89.9 Å². The summed E-state index contributed by atoms with van der Waals surface area (Å²) in [6.45, 7) is 9.20. The first-order chi connectivity index (χ1) is 6.82. The van der Waals surface area contributed by atoms with Gasteiger partial charge in [-0.05, 0) is 19.3 Å². The molecule has 0 amide bonds. The lowest BCUT2D eigenvalue weighted by atomic mass is 10.1. The molecule has 0 fully saturated rings. The largest absolute Gasteiger partial charge is 0.481 e. The summed E-state index contributed by atoms with van der Waals surface area (Å²) in [5.74, 6) is -1.26. The van der Waals surface area contributed by atoms with E-state index in [-0.39, 0.29) is 18.1 Å². The van der Waals surface area contributed by atoms with E-state index in [2.05, 4.69) is 6.58 Å². The molecule has 0 aliphatic carbocycles. The summed E-state index contributed by atoms with van der Waals surface area (Å²) in [6, 6.07) is 0. The van der Waals surface area contributed by atoms with E-state index in [1.54, 1.807) is 6.92 Å². The number of ether oxygens (including phenoxy) is 1. The van der Waals surface area contributed by atoms with Crippen molar-refractivity contribution in [2.24, 2.45) is 5.92 Å². The van der Waals surface area contributed by atoms with Crippen LogP contribution in [0.15, 0.2) is 12.2 Å². The van der Waals surface area contributed by atoms with Gasteiger partial charge in [0, 0.05) is 5.57 Å².